The summed E-state index contributed by atoms with van der Waals surface area (Å²) in [4.78, 5) is 6.27. The number of aliphatic imine (C=N–C) groups is 1. The second kappa shape index (κ2) is 3.20. The summed E-state index contributed by atoms with van der Waals surface area (Å²) < 4.78 is 5.93. The molecule has 2 fully saturated rings. The largest absolute Gasteiger partial charge is 0.457 e. The van der Waals surface area contributed by atoms with Crippen LogP contribution in [-0.2, 0) is 4.74 Å². The fourth-order valence-corrected chi connectivity index (χ4v) is 2.48. The topological polar surface area (TPSA) is 24.8 Å². The molecular formula is C10H18N2O. The molecule has 13 heavy (non-hydrogen) atoms. The summed E-state index contributed by atoms with van der Waals surface area (Å²) in [5.74, 6) is 0. The maximum absolute atomic E-state index is 5.93. The predicted octanol–water partition coefficient (Wildman–Crippen LogP) is 1.64. The third-order valence-electron chi connectivity index (χ3n) is 3.12. The number of hydrogen-bond donors (Lipinski definition) is 0. The van der Waals surface area contributed by atoms with Crippen LogP contribution in [0.4, 0.5) is 0 Å². The first kappa shape index (κ1) is 8.85. The number of likely N-dealkylation sites (N-methyl/N-ethyl adjacent to an activating group) is 1. The third-order valence-corrected chi connectivity index (χ3v) is 3.12. The lowest BCUT2D eigenvalue weighted by Gasteiger charge is -2.30. The molecule has 2 rings (SSSR count). The van der Waals surface area contributed by atoms with Gasteiger partial charge in [0, 0.05) is 14.1 Å². The van der Waals surface area contributed by atoms with E-state index in [-0.39, 0.29) is 5.60 Å². The maximum Gasteiger partial charge on any atom is 0.287 e. The number of hydrogen-bond acceptors (Lipinski definition) is 2. The predicted molar refractivity (Wildman–Crippen MR) is 52.9 cm³/mol. The molecule has 74 valence electrons. The first-order valence-electron chi connectivity index (χ1n) is 5.13. The second-order valence-electron chi connectivity index (χ2n) is 4.21. The molecule has 1 spiro atoms. The normalized spacial score (nSPS) is 29.7. The maximum atomic E-state index is 5.93. The van der Waals surface area contributed by atoms with E-state index in [2.05, 4.69) is 16.9 Å². The van der Waals surface area contributed by atoms with Crippen molar-refractivity contribution in [2.24, 2.45) is 4.99 Å². The van der Waals surface area contributed by atoms with E-state index in [1.807, 2.05) is 0 Å². The van der Waals surface area contributed by atoms with E-state index in [0.717, 1.165) is 12.6 Å². The van der Waals surface area contributed by atoms with Gasteiger partial charge in [-0.15, -0.1) is 0 Å². The summed E-state index contributed by atoms with van der Waals surface area (Å²) in [6.45, 7) is 1.03. The summed E-state index contributed by atoms with van der Waals surface area (Å²) in [7, 11) is 3.86. The van der Waals surface area contributed by atoms with Crippen molar-refractivity contribution >= 4 is 6.02 Å². The van der Waals surface area contributed by atoms with Crippen molar-refractivity contribution in [2.45, 2.75) is 37.7 Å². The lowest BCUT2D eigenvalue weighted by atomic mass is 9.85. The molecule has 0 aromatic carbocycles. The molecule has 1 heterocycles. The molecule has 0 atom stereocenters. The highest BCUT2D eigenvalue weighted by molar-refractivity contribution is 5.76. The second-order valence-corrected chi connectivity index (χ2v) is 4.21. The number of nitrogens with zero attached hydrogens (tertiary/aromatic N) is 2. The van der Waals surface area contributed by atoms with Crippen LogP contribution in [0.25, 0.3) is 0 Å². The molecule has 0 aromatic heterocycles. The van der Waals surface area contributed by atoms with Gasteiger partial charge in [-0.25, -0.2) is 4.99 Å². The Kier molecular flexibility index (Phi) is 2.18. The van der Waals surface area contributed by atoms with Crippen molar-refractivity contribution in [3.05, 3.63) is 0 Å². The van der Waals surface area contributed by atoms with Crippen LogP contribution >= 0.6 is 0 Å². The smallest absolute Gasteiger partial charge is 0.287 e. The zero-order valence-corrected chi connectivity index (χ0v) is 8.55. The van der Waals surface area contributed by atoms with Gasteiger partial charge in [0.1, 0.15) is 5.60 Å². The van der Waals surface area contributed by atoms with Gasteiger partial charge in [-0.05, 0) is 25.7 Å². The fourth-order valence-electron chi connectivity index (χ4n) is 2.48. The Balaban J connectivity index is 2.09. The van der Waals surface area contributed by atoms with Crippen LogP contribution in [0.2, 0.25) is 0 Å². The van der Waals surface area contributed by atoms with Crippen LogP contribution in [0, 0.1) is 0 Å². The monoisotopic (exact) mass is 182 g/mol. The van der Waals surface area contributed by atoms with Crippen molar-refractivity contribution < 1.29 is 4.74 Å². The van der Waals surface area contributed by atoms with E-state index in [4.69, 9.17) is 4.74 Å². The Hall–Kier alpha value is -0.730. The standard InChI is InChI=1S/C10H18N2O/c1-11-9-12(2)8-10(13-9)6-4-3-5-7-10/h3-8H2,1-2H3. The third kappa shape index (κ3) is 1.52. The van der Waals surface area contributed by atoms with E-state index in [9.17, 15) is 0 Å². The van der Waals surface area contributed by atoms with Crippen LogP contribution in [0.1, 0.15) is 32.1 Å². The zero-order chi connectivity index (χ0) is 9.31. The molecule has 3 heteroatoms. The van der Waals surface area contributed by atoms with Gasteiger partial charge in [-0.2, -0.15) is 0 Å². The van der Waals surface area contributed by atoms with Gasteiger partial charge in [0.2, 0.25) is 0 Å². The van der Waals surface area contributed by atoms with Gasteiger partial charge < -0.3 is 9.64 Å². The highest BCUT2D eigenvalue weighted by Crippen LogP contribution is 2.36. The Labute approximate surface area is 79.8 Å². The average molecular weight is 182 g/mol. The molecule has 1 saturated heterocycles. The molecule has 0 unspecified atom stereocenters. The molecule has 0 aromatic rings. The molecule has 0 bridgehead atoms. The highest BCUT2D eigenvalue weighted by atomic mass is 16.5. The number of ether oxygens (including phenoxy) is 1. The minimum atomic E-state index is 0.113. The van der Waals surface area contributed by atoms with Crippen molar-refractivity contribution in [1.82, 2.24) is 4.90 Å². The average Bonchev–Trinajstić information content (AvgIpc) is 2.44. The van der Waals surface area contributed by atoms with Crippen LogP contribution in [0.3, 0.4) is 0 Å². The van der Waals surface area contributed by atoms with E-state index in [1.165, 1.54) is 32.1 Å². The number of rotatable bonds is 0. The fraction of sp³-hybridized carbons (Fsp3) is 0.900. The highest BCUT2D eigenvalue weighted by Gasteiger charge is 2.42. The van der Waals surface area contributed by atoms with Crippen molar-refractivity contribution in [3.8, 4) is 0 Å². The quantitative estimate of drug-likeness (QED) is 0.569. The van der Waals surface area contributed by atoms with Gasteiger partial charge in [0.25, 0.3) is 6.02 Å². The van der Waals surface area contributed by atoms with Crippen molar-refractivity contribution in [3.63, 3.8) is 0 Å². The Morgan fingerprint density at radius 2 is 2.00 bits per heavy atom. The summed E-state index contributed by atoms with van der Waals surface area (Å²) in [6.07, 6.45) is 6.40. The number of amidine groups is 1. The SMILES string of the molecule is CN=C1OC2(CCCCC2)CN1C. The minimum Gasteiger partial charge on any atom is -0.457 e. The van der Waals surface area contributed by atoms with Gasteiger partial charge in [-0.3, -0.25) is 0 Å². The van der Waals surface area contributed by atoms with Gasteiger partial charge in [0.05, 0.1) is 6.54 Å². The lowest BCUT2D eigenvalue weighted by molar-refractivity contribution is 0.0496. The zero-order valence-electron chi connectivity index (χ0n) is 8.55. The van der Waals surface area contributed by atoms with E-state index in [1.54, 1.807) is 7.05 Å². The van der Waals surface area contributed by atoms with Crippen molar-refractivity contribution in [2.75, 3.05) is 20.6 Å². The summed E-state index contributed by atoms with van der Waals surface area (Å²) in [5, 5.41) is 0. The lowest BCUT2D eigenvalue weighted by Crippen LogP contribution is -2.35. The van der Waals surface area contributed by atoms with Crippen LogP contribution in [-0.4, -0.2) is 37.2 Å². The summed E-state index contributed by atoms with van der Waals surface area (Å²) in [6, 6.07) is 0.821. The molecule has 1 aliphatic carbocycles. The van der Waals surface area contributed by atoms with Gasteiger partial charge in [-0.1, -0.05) is 6.42 Å². The molecule has 2 aliphatic rings. The van der Waals surface area contributed by atoms with E-state index >= 15 is 0 Å². The van der Waals surface area contributed by atoms with E-state index < -0.39 is 0 Å². The minimum absolute atomic E-state index is 0.113. The van der Waals surface area contributed by atoms with Gasteiger partial charge in [0.15, 0.2) is 0 Å². The molecular weight excluding hydrogens is 164 g/mol. The Morgan fingerprint density at radius 3 is 2.54 bits per heavy atom. The molecule has 0 radical (unpaired) electrons. The summed E-state index contributed by atoms with van der Waals surface area (Å²) in [5.41, 5.74) is 0.113. The summed E-state index contributed by atoms with van der Waals surface area (Å²) >= 11 is 0. The van der Waals surface area contributed by atoms with Crippen molar-refractivity contribution in [1.29, 1.82) is 0 Å². The molecule has 0 amide bonds. The molecule has 0 N–H and O–H groups in total. The molecule has 1 saturated carbocycles. The van der Waals surface area contributed by atoms with Gasteiger partial charge >= 0.3 is 0 Å². The van der Waals surface area contributed by atoms with E-state index in [0.29, 0.717) is 0 Å². The first-order valence-corrected chi connectivity index (χ1v) is 5.13. The Bertz CT molecular complexity index is 219. The molecule has 3 nitrogen and oxygen atoms in total. The Morgan fingerprint density at radius 1 is 1.31 bits per heavy atom. The first-order chi connectivity index (χ1) is 6.26. The molecule has 1 aliphatic heterocycles. The van der Waals surface area contributed by atoms with Crippen LogP contribution in [0.5, 0.6) is 0 Å². The van der Waals surface area contributed by atoms with Crippen LogP contribution in [0.15, 0.2) is 4.99 Å². The van der Waals surface area contributed by atoms with Crippen LogP contribution < -0.4 is 0 Å².